The van der Waals surface area contributed by atoms with Gasteiger partial charge >= 0.3 is 6.18 Å². The van der Waals surface area contributed by atoms with Crippen molar-refractivity contribution in [2.24, 2.45) is 0 Å². The van der Waals surface area contributed by atoms with Crippen molar-refractivity contribution in [2.75, 3.05) is 5.73 Å². The van der Waals surface area contributed by atoms with Crippen LogP contribution in [-0.2, 0) is 12.6 Å². The molecule has 1 heterocycles. The van der Waals surface area contributed by atoms with Gasteiger partial charge in [-0.2, -0.15) is 13.2 Å². The summed E-state index contributed by atoms with van der Waals surface area (Å²) in [5.41, 5.74) is 4.63. The van der Waals surface area contributed by atoms with Crippen LogP contribution < -0.4 is 5.73 Å². The molecule has 6 heteroatoms. The van der Waals surface area contributed by atoms with Crippen LogP contribution in [0.1, 0.15) is 37.6 Å². The van der Waals surface area contributed by atoms with Gasteiger partial charge in [-0.15, -0.1) is 0 Å². The van der Waals surface area contributed by atoms with Gasteiger partial charge in [0.05, 0.1) is 0 Å². The number of unbranched alkanes of at least 4 members (excludes halogenated alkanes) is 2. The normalized spacial score (nSPS) is 11.8. The predicted octanol–water partition coefficient (Wildman–Crippen LogP) is 2.81. The van der Waals surface area contributed by atoms with E-state index in [1.165, 1.54) is 0 Å². The third kappa shape index (κ3) is 3.67. The zero-order valence-electron chi connectivity index (χ0n) is 9.01. The van der Waals surface area contributed by atoms with Crippen molar-refractivity contribution >= 4 is 5.95 Å². The first-order valence-electron chi connectivity index (χ1n) is 5.14. The van der Waals surface area contributed by atoms with Gasteiger partial charge in [0.25, 0.3) is 0 Å². The van der Waals surface area contributed by atoms with E-state index in [9.17, 15) is 13.2 Å². The zero-order chi connectivity index (χ0) is 12.2. The van der Waals surface area contributed by atoms with Gasteiger partial charge in [-0.1, -0.05) is 19.8 Å². The summed E-state index contributed by atoms with van der Waals surface area (Å²) >= 11 is 0. The fraction of sp³-hybridized carbons (Fsp3) is 0.600. The average molecular weight is 233 g/mol. The number of aryl methyl sites for hydroxylation is 1. The highest BCUT2D eigenvalue weighted by molar-refractivity contribution is 5.24. The van der Waals surface area contributed by atoms with Crippen LogP contribution in [0.4, 0.5) is 19.1 Å². The molecule has 0 aliphatic heterocycles. The smallest absolute Gasteiger partial charge is 0.368 e. The third-order valence-corrected chi connectivity index (χ3v) is 2.12. The minimum atomic E-state index is -4.46. The fourth-order valence-corrected chi connectivity index (χ4v) is 1.35. The summed E-state index contributed by atoms with van der Waals surface area (Å²) in [4.78, 5) is 6.96. The minimum Gasteiger partial charge on any atom is -0.368 e. The number of nitrogen functional groups attached to an aromatic ring is 1. The number of halogens is 3. The Bertz CT molecular complexity index is 350. The summed E-state index contributed by atoms with van der Waals surface area (Å²) in [7, 11) is 0. The van der Waals surface area contributed by atoms with Crippen LogP contribution in [0, 0.1) is 0 Å². The molecule has 3 nitrogen and oxygen atoms in total. The van der Waals surface area contributed by atoms with Crippen LogP contribution in [0.15, 0.2) is 6.07 Å². The van der Waals surface area contributed by atoms with Crippen LogP contribution in [0.2, 0.25) is 0 Å². The lowest BCUT2D eigenvalue weighted by Gasteiger charge is -2.08. The van der Waals surface area contributed by atoms with E-state index >= 15 is 0 Å². The lowest BCUT2D eigenvalue weighted by atomic mass is 10.1. The highest BCUT2D eigenvalue weighted by Crippen LogP contribution is 2.28. The van der Waals surface area contributed by atoms with E-state index in [0.29, 0.717) is 12.1 Å². The number of hydrogen-bond donors (Lipinski definition) is 1. The average Bonchev–Trinajstić information content (AvgIpc) is 2.16. The topological polar surface area (TPSA) is 51.8 Å². The molecule has 0 bridgehead atoms. The van der Waals surface area contributed by atoms with E-state index < -0.39 is 11.9 Å². The molecule has 90 valence electrons. The second-order valence-corrected chi connectivity index (χ2v) is 3.56. The molecule has 0 fully saturated rings. The molecule has 0 aliphatic carbocycles. The first-order valence-corrected chi connectivity index (χ1v) is 5.14. The molecule has 1 aromatic heterocycles. The minimum absolute atomic E-state index is 0.318. The Labute approximate surface area is 91.9 Å². The van der Waals surface area contributed by atoms with Crippen molar-refractivity contribution in [3.63, 3.8) is 0 Å². The van der Waals surface area contributed by atoms with Gasteiger partial charge in [0, 0.05) is 5.69 Å². The molecule has 0 saturated heterocycles. The van der Waals surface area contributed by atoms with Crippen molar-refractivity contribution < 1.29 is 13.2 Å². The van der Waals surface area contributed by atoms with E-state index in [0.717, 1.165) is 25.3 Å². The highest BCUT2D eigenvalue weighted by atomic mass is 19.4. The van der Waals surface area contributed by atoms with Crippen molar-refractivity contribution in [2.45, 2.75) is 38.8 Å². The van der Waals surface area contributed by atoms with Gasteiger partial charge < -0.3 is 5.73 Å². The summed E-state index contributed by atoms with van der Waals surface area (Å²) in [6.07, 6.45) is -1.18. The number of rotatable bonds is 4. The summed E-state index contributed by atoms with van der Waals surface area (Å²) < 4.78 is 37.2. The lowest BCUT2D eigenvalue weighted by molar-refractivity contribution is -0.141. The van der Waals surface area contributed by atoms with E-state index in [2.05, 4.69) is 9.97 Å². The molecule has 0 spiro atoms. The maximum Gasteiger partial charge on any atom is 0.433 e. The SMILES string of the molecule is CCCCCc1cc(C(F)(F)F)nc(N)n1. The van der Waals surface area contributed by atoms with E-state index in [-0.39, 0.29) is 5.95 Å². The predicted molar refractivity (Wildman–Crippen MR) is 54.7 cm³/mol. The van der Waals surface area contributed by atoms with E-state index in [1.807, 2.05) is 6.92 Å². The second kappa shape index (κ2) is 5.14. The Kier molecular flexibility index (Phi) is 4.09. The summed E-state index contributed by atoms with van der Waals surface area (Å²) in [5, 5.41) is 0. The molecule has 0 aromatic carbocycles. The number of nitrogens with two attached hydrogens (primary N) is 1. The number of anilines is 1. The monoisotopic (exact) mass is 233 g/mol. The number of aromatic nitrogens is 2. The second-order valence-electron chi connectivity index (χ2n) is 3.56. The van der Waals surface area contributed by atoms with Crippen LogP contribution in [0.3, 0.4) is 0 Å². The molecular formula is C10H14F3N3. The molecule has 16 heavy (non-hydrogen) atoms. The maximum atomic E-state index is 12.4. The molecule has 0 unspecified atom stereocenters. The summed E-state index contributed by atoms with van der Waals surface area (Å²) in [6.45, 7) is 2.02. The van der Waals surface area contributed by atoms with Crippen LogP contribution >= 0.6 is 0 Å². The number of alkyl halides is 3. The van der Waals surface area contributed by atoms with Crippen molar-refractivity contribution in [3.8, 4) is 0 Å². The molecule has 0 aliphatic rings. The third-order valence-electron chi connectivity index (χ3n) is 2.12. The lowest BCUT2D eigenvalue weighted by Crippen LogP contribution is -2.12. The van der Waals surface area contributed by atoms with Crippen molar-refractivity contribution in [1.29, 1.82) is 0 Å². The van der Waals surface area contributed by atoms with Crippen LogP contribution in [0.5, 0.6) is 0 Å². The van der Waals surface area contributed by atoms with Gasteiger partial charge in [0.1, 0.15) is 5.69 Å². The molecule has 1 rings (SSSR count). The zero-order valence-corrected chi connectivity index (χ0v) is 9.01. The Morgan fingerprint density at radius 3 is 2.50 bits per heavy atom. The first-order chi connectivity index (χ1) is 7.43. The quantitative estimate of drug-likeness (QED) is 0.813. The number of hydrogen-bond acceptors (Lipinski definition) is 3. The molecule has 0 amide bonds. The van der Waals surface area contributed by atoms with E-state index in [4.69, 9.17) is 5.73 Å². The summed E-state index contributed by atoms with van der Waals surface area (Å²) in [5.74, 6) is -0.318. The van der Waals surface area contributed by atoms with Crippen molar-refractivity contribution in [1.82, 2.24) is 9.97 Å². The molecule has 2 N–H and O–H groups in total. The van der Waals surface area contributed by atoms with Gasteiger partial charge in [0.15, 0.2) is 0 Å². The molecule has 1 aromatic rings. The Hall–Kier alpha value is -1.33. The Morgan fingerprint density at radius 1 is 1.25 bits per heavy atom. The van der Waals surface area contributed by atoms with Crippen LogP contribution in [0.25, 0.3) is 0 Å². The largest absolute Gasteiger partial charge is 0.433 e. The van der Waals surface area contributed by atoms with Gasteiger partial charge in [-0.25, -0.2) is 9.97 Å². The molecular weight excluding hydrogens is 219 g/mol. The maximum absolute atomic E-state index is 12.4. The van der Waals surface area contributed by atoms with Crippen LogP contribution in [-0.4, -0.2) is 9.97 Å². The van der Waals surface area contributed by atoms with Gasteiger partial charge in [-0.3, -0.25) is 0 Å². The molecule has 0 radical (unpaired) electrons. The standard InChI is InChI=1S/C10H14F3N3/c1-2-3-4-5-7-6-8(10(11,12)13)16-9(14)15-7/h6H,2-5H2,1H3,(H2,14,15,16). The van der Waals surface area contributed by atoms with Crippen molar-refractivity contribution in [3.05, 3.63) is 17.5 Å². The van der Waals surface area contributed by atoms with Gasteiger partial charge in [-0.05, 0) is 18.9 Å². The Morgan fingerprint density at radius 2 is 1.94 bits per heavy atom. The van der Waals surface area contributed by atoms with Gasteiger partial charge in [0.2, 0.25) is 5.95 Å². The molecule has 0 saturated carbocycles. The summed E-state index contributed by atoms with van der Waals surface area (Å²) in [6, 6.07) is 0.964. The fourth-order valence-electron chi connectivity index (χ4n) is 1.35. The Balaban J connectivity index is 2.82. The first kappa shape index (κ1) is 12.7. The highest BCUT2D eigenvalue weighted by Gasteiger charge is 2.33. The number of nitrogens with zero attached hydrogens (tertiary/aromatic N) is 2. The van der Waals surface area contributed by atoms with E-state index in [1.54, 1.807) is 0 Å². The molecule has 0 atom stereocenters.